The molecule has 0 fully saturated rings. The first-order valence-corrected chi connectivity index (χ1v) is 11.5. The molecular weight excluding hydrogens is 432 g/mol. The van der Waals surface area contributed by atoms with E-state index in [1.54, 1.807) is 6.20 Å². The van der Waals surface area contributed by atoms with E-state index in [2.05, 4.69) is 87.4 Å². The topological polar surface area (TPSA) is 44.9 Å². The molecule has 0 unspecified atom stereocenters. The molecule has 35 heavy (non-hydrogen) atoms. The zero-order valence-corrected chi connectivity index (χ0v) is 18.7. The lowest BCUT2D eigenvalue weighted by molar-refractivity contribution is 0.463. The summed E-state index contributed by atoms with van der Waals surface area (Å²) in [4.78, 5) is 4.30. The molecular formula is C30H20N4O. The van der Waals surface area contributed by atoms with Crippen molar-refractivity contribution in [3.05, 3.63) is 122 Å². The molecule has 0 spiro atoms. The molecule has 5 nitrogen and oxygen atoms in total. The third kappa shape index (κ3) is 3.25. The van der Waals surface area contributed by atoms with Crippen LogP contribution in [0.3, 0.4) is 0 Å². The summed E-state index contributed by atoms with van der Waals surface area (Å²) < 4.78 is 10.3. The molecule has 0 aliphatic heterocycles. The molecule has 0 atom stereocenters. The van der Waals surface area contributed by atoms with Crippen LogP contribution in [0.1, 0.15) is 0 Å². The first kappa shape index (κ1) is 19.6. The van der Waals surface area contributed by atoms with Gasteiger partial charge >= 0.3 is 0 Å². The van der Waals surface area contributed by atoms with E-state index in [0.717, 1.165) is 39.1 Å². The average Bonchev–Trinajstić information content (AvgIpc) is 3.48. The maximum Gasteiger partial charge on any atom is 0.219 e. The summed E-state index contributed by atoms with van der Waals surface area (Å²) >= 11 is 0. The average molecular weight is 453 g/mol. The van der Waals surface area contributed by atoms with Gasteiger partial charge < -0.3 is 9.30 Å². The van der Waals surface area contributed by atoms with Crippen LogP contribution >= 0.6 is 0 Å². The van der Waals surface area contributed by atoms with Gasteiger partial charge in [0.1, 0.15) is 5.75 Å². The van der Waals surface area contributed by atoms with Crippen LogP contribution in [0.4, 0.5) is 0 Å². The van der Waals surface area contributed by atoms with Crippen LogP contribution < -0.4 is 4.74 Å². The number of ether oxygens (including phenoxy) is 1. The van der Waals surface area contributed by atoms with Gasteiger partial charge in [0, 0.05) is 40.2 Å². The second kappa shape index (κ2) is 7.85. The van der Waals surface area contributed by atoms with Gasteiger partial charge in [-0.2, -0.15) is 5.10 Å². The summed E-state index contributed by atoms with van der Waals surface area (Å²) in [7, 11) is 0. The predicted molar refractivity (Wildman–Crippen MR) is 140 cm³/mol. The van der Waals surface area contributed by atoms with Crippen LogP contribution in [-0.2, 0) is 0 Å². The molecule has 5 heteroatoms. The predicted octanol–water partition coefficient (Wildman–Crippen LogP) is 7.31. The van der Waals surface area contributed by atoms with Gasteiger partial charge in [-0.05, 0) is 48.5 Å². The van der Waals surface area contributed by atoms with Crippen molar-refractivity contribution in [2.45, 2.75) is 0 Å². The Morgan fingerprint density at radius 2 is 1.40 bits per heavy atom. The number of pyridine rings is 1. The summed E-state index contributed by atoms with van der Waals surface area (Å²) in [5, 5.41) is 8.14. The lowest BCUT2D eigenvalue weighted by Crippen LogP contribution is -1.99. The Morgan fingerprint density at radius 3 is 2.31 bits per heavy atom. The lowest BCUT2D eigenvalue weighted by Gasteiger charge is -2.11. The first-order chi connectivity index (χ1) is 17.3. The van der Waals surface area contributed by atoms with E-state index in [0.29, 0.717) is 5.88 Å². The lowest BCUT2D eigenvalue weighted by atomic mass is 10.1. The van der Waals surface area contributed by atoms with Crippen molar-refractivity contribution >= 4 is 32.7 Å². The van der Waals surface area contributed by atoms with Gasteiger partial charge in [-0.15, -0.1) is 0 Å². The maximum absolute atomic E-state index is 6.07. The van der Waals surface area contributed by atoms with Gasteiger partial charge in [0.05, 0.1) is 28.4 Å². The van der Waals surface area contributed by atoms with Crippen LogP contribution in [0.5, 0.6) is 11.6 Å². The number of nitrogens with zero attached hydrogens (tertiary/aromatic N) is 4. The number of hydrogen-bond donors (Lipinski definition) is 0. The minimum absolute atomic E-state index is 0.571. The van der Waals surface area contributed by atoms with E-state index < -0.39 is 0 Å². The second-order valence-corrected chi connectivity index (χ2v) is 8.44. The van der Waals surface area contributed by atoms with Gasteiger partial charge in [0.25, 0.3) is 0 Å². The van der Waals surface area contributed by atoms with E-state index in [1.807, 2.05) is 47.3 Å². The van der Waals surface area contributed by atoms with Gasteiger partial charge in [-0.3, -0.25) is 0 Å². The molecule has 4 aromatic carbocycles. The number of para-hydroxylation sites is 2. The molecule has 0 radical (unpaired) electrons. The third-order valence-corrected chi connectivity index (χ3v) is 6.32. The molecule has 166 valence electrons. The van der Waals surface area contributed by atoms with Crippen LogP contribution in [0.2, 0.25) is 0 Å². The Kier molecular flexibility index (Phi) is 4.39. The number of benzene rings is 4. The molecule has 7 aromatic rings. The molecule has 0 N–H and O–H groups in total. The van der Waals surface area contributed by atoms with Gasteiger partial charge in [-0.1, -0.05) is 48.5 Å². The normalized spacial score (nSPS) is 11.4. The Labute approximate surface area is 201 Å². The van der Waals surface area contributed by atoms with E-state index in [4.69, 9.17) is 4.74 Å². The summed E-state index contributed by atoms with van der Waals surface area (Å²) in [5.41, 5.74) is 5.36. The minimum Gasteiger partial charge on any atom is -0.439 e. The number of rotatable bonds is 4. The third-order valence-electron chi connectivity index (χ3n) is 6.32. The number of hydrogen-bond acceptors (Lipinski definition) is 3. The molecule has 0 saturated heterocycles. The molecule has 0 amide bonds. The van der Waals surface area contributed by atoms with E-state index in [9.17, 15) is 0 Å². The number of fused-ring (bicyclic) bond motifs is 4. The smallest absolute Gasteiger partial charge is 0.219 e. The summed E-state index contributed by atoms with van der Waals surface area (Å²) in [5.74, 6) is 1.32. The zero-order valence-electron chi connectivity index (χ0n) is 18.7. The van der Waals surface area contributed by atoms with Crippen molar-refractivity contribution in [3.63, 3.8) is 0 Å². The van der Waals surface area contributed by atoms with Gasteiger partial charge in [-0.25, -0.2) is 9.67 Å². The molecule has 0 bridgehead atoms. The van der Waals surface area contributed by atoms with Crippen molar-refractivity contribution in [2.75, 3.05) is 0 Å². The van der Waals surface area contributed by atoms with Crippen LogP contribution in [0.15, 0.2) is 122 Å². The van der Waals surface area contributed by atoms with Gasteiger partial charge in [0.2, 0.25) is 5.88 Å². The summed E-state index contributed by atoms with van der Waals surface area (Å²) in [6.45, 7) is 0. The van der Waals surface area contributed by atoms with E-state index >= 15 is 0 Å². The highest BCUT2D eigenvalue weighted by Crippen LogP contribution is 2.35. The quantitative estimate of drug-likeness (QED) is 0.281. The Morgan fingerprint density at radius 1 is 0.600 bits per heavy atom. The monoisotopic (exact) mass is 452 g/mol. The highest BCUT2D eigenvalue weighted by atomic mass is 16.5. The first-order valence-electron chi connectivity index (χ1n) is 11.5. The van der Waals surface area contributed by atoms with Gasteiger partial charge in [0.15, 0.2) is 0 Å². The zero-order chi connectivity index (χ0) is 23.2. The molecule has 0 aliphatic carbocycles. The summed E-state index contributed by atoms with van der Waals surface area (Å²) in [6.07, 6.45) is 3.64. The van der Waals surface area contributed by atoms with Crippen molar-refractivity contribution in [1.29, 1.82) is 0 Å². The highest BCUT2D eigenvalue weighted by Gasteiger charge is 2.14. The molecule has 0 aliphatic rings. The van der Waals surface area contributed by atoms with Crippen LogP contribution in [-0.4, -0.2) is 19.3 Å². The maximum atomic E-state index is 6.07. The summed E-state index contributed by atoms with van der Waals surface area (Å²) in [6, 6.07) is 37.1. The highest BCUT2D eigenvalue weighted by molar-refractivity contribution is 6.09. The largest absolute Gasteiger partial charge is 0.439 e. The molecule has 3 heterocycles. The fraction of sp³-hybridized carbons (Fsp3) is 0. The van der Waals surface area contributed by atoms with Crippen molar-refractivity contribution in [1.82, 2.24) is 19.3 Å². The van der Waals surface area contributed by atoms with Crippen LogP contribution in [0, 0.1) is 0 Å². The molecule has 3 aromatic heterocycles. The van der Waals surface area contributed by atoms with E-state index in [-0.39, 0.29) is 0 Å². The van der Waals surface area contributed by atoms with Crippen molar-refractivity contribution in [3.8, 4) is 23.0 Å². The fourth-order valence-electron chi connectivity index (χ4n) is 4.76. The minimum atomic E-state index is 0.571. The Balaban J connectivity index is 1.43. The number of aromatic nitrogens is 4. The van der Waals surface area contributed by atoms with Crippen LogP contribution in [0.25, 0.3) is 44.1 Å². The Hall–Kier alpha value is -4.90. The van der Waals surface area contributed by atoms with E-state index in [1.165, 1.54) is 10.8 Å². The standard InChI is InChI=1S/C30H20N4O/c1-3-12-27-21(8-1)20-32-34(27)23-10-7-9-22(18-23)33-28-13-4-2-11-25(28)26-16-15-24(19-29(26)33)35-30-14-5-6-17-31-30/h1-20H. The Bertz CT molecular complexity index is 1830. The fourth-order valence-corrected chi connectivity index (χ4v) is 4.76. The molecule has 7 rings (SSSR count). The SMILES string of the molecule is c1ccc(Oc2ccc3c4ccccc4n(-c4cccc(-n5ncc6ccccc65)c4)c3c2)nc1. The molecule has 0 saturated carbocycles. The van der Waals surface area contributed by atoms with Crippen molar-refractivity contribution in [2.24, 2.45) is 0 Å². The second-order valence-electron chi connectivity index (χ2n) is 8.44. The van der Waals surface area contributed by atoms with Crippen molar-refractivity contribution < 1.29 is 4.74 Å².